The SMILES string of the molecule is O=[N+]([O-])c1ccc(CN2CCc3c(sc4nc(-c5ccc(-c6ccccc6)cc5)cn34)C2)cc1. The molecule has 0 bridgehead atoms. The predicted octanol–water partition coefficient (Wildman–Crippen LogP) is 6.20. The van der Waals surface area contributed by atoms with E-state index in [9.17, 15) is 10.1 Å². The number of hydrogen-bond donors (Lipinski definition) is 0. The summed E-state index contributed by atoms with van der Waals surface area (Å²) in [6.45, 7) is 2.62. The Morgan fingerprint density at radius 3 is 2.35 bits per heavy atom. The average Bonchev–Trinajstić information content (AvgIpc) is 3.43. The molecule has 1 aliphatic heterocycles. The highest BCUT2D eigenvalue weighted by atomic mass is 32.1. The number of nitro benzene ring substituents is 1. The third-order valence-corrected chi connectivity index (χ3v) is 7.46. The van der Waals surface area contributed by atoms with Crippen LogP contribution in [0.25, 0.3) is 27.3 Å². The maximum absolute atomic E-state index is 10.9. The molecule has 3 heterocycles. The largest absolute Gasteiger partial charge is 0.294 e. The van der Waals surface area contributed by atoms with Crippen LogP contribution in [0.4, 0.5) is 5.69 Å². The maximum Gasteiger partial charge on any atom is 0.269 e. The zero-order valence-electron chi connectivity index (χ0n) is 18.4. The molecule has 0 amide bonds. The summed E-state index contributed by atoms with van der Waals surface area (Å²) in [6, 6.07) is 25.9. The highest BCUT2D eigenvalue weighted by Gasteiger charge is 2.23. The van der Waals surface area contributed by atoms with Crippen LogP contribution >= 0.6 is 11.3 Å². The van der Waals surface area contributed by atoms with Crippen LogP contribution in [0.15, 0.2) is 85.1 Å². The van der Waals surface area contributed by atoms with Gasteiger partial charge in [-0.2, -0.15) is 0 Å². The number of nitrogens with zero attached hydrogens (tertiary/aromatic N) is 4. The highest BCUT2D eigenvalue weighted by Crippen LogP contribution is 2.32. The van der Waals surface area contributed by atoms with E-state index in [1.54, 1.807) is 23.5 Å². The zero-order chi connectivity index (χ0) is 23.1. The fourth-order valence-corrected chi connectivity index (χ4v) is 5.77. The molecule has 0 atom stereocenters. The summed E-state index contributed by atoms with van der Waals surface area (Å²) in [5.74, 6) is 0. The van der Waals surface area contributed by atoms with E-state index in [1.807, 2.05) is 18.2 Å². The second-order valence-corrected chi connectivity index (χ2v) is 9.64. The van der Waals surface area contributed by atoms with Gasteiger partial charge in [0, 0.05) is 60.5 Å². The van der Waals surface area contributed by atoms with Crippen molar-refractivity contribution in [2.45, 2.75) is 19.5 Å². The van der Waals surface area contributed by atoms with Gasteiger partial charge in [-0.25, -0.2) is 4.98 Å². The molecule has 168 valence electrons. The topological polar surface area (TPSA) is 63.7 Å². The van der Waals surface area contributed by atoms with Gasteiger partial charge in [0.25, 0.3) is 5.69 Å². The van der Waals surface area contributed by atoms with Gasteiger partial charge in [0.05, 0.1) is 10.6 Å². The lowest BCUT2D eigenvalue weighted by atomic mass is 10.0. The summed E-state index contributed by atoms with van der Waals surface area (Å²) in [5, 5.41) is 10.9. The van der Waals surface area contributed by atoms with E-state index in [-0.39, 0.29) is 10.6 Å². The number of rotatable bonds is 5. The lowest BCUT2D eigenvalue weighted by molar-refractivity contribution is -0.384. The van der Waals surface area contributed by atoms with Gasteiger partial charge in [0.2, 0.25) is 0 Å². The van der Waals surface area contributed by atoms with E-state index < -0.39 is 0 Å². The summed E-state index contributed by atoms with van der Waals surface area (Å²) >= 11 is 1.76. The normalized spacial score (nSPS) is 13.8. The van der Waals surface area contributed by atoms with Crippen LogP contribution in [0.1, 0.15) is 16.1 Å². The second-order valence-electron chi connectivity index (χ2n) is 8.58. The van der Waals surface area contributed by atoms with Crippen molar-refractivity contribution in [1.82, 2.24) is 14.3 Å². The Morgan fingerprint density at radius 1 is 0.912 bits per heavy atom. The van der Waals surface area contributed by atoms with Crippen molar-refractivity contribution in [3.63, 3.8) is 0 Å². The first kappa shape index (κ1) is 20.8. The Labute approximate surface area is 200 Å². The first-order valence-corrected chi connectivity index (χ1v) is 12.1. The number of fused-ring (bicyclic) bond motifs is 3. The summed E-state index contributed by atoms with van der Waals surface area (Å²) in [4.78, 5) is 20.2. The molecule has 3 aromatic carbocycles. The van der Waals surface area contributed by atoms with E-state index in [4.69, 9.17) is 4.98 Å². The van der Waals surface area contributed by atoms with E-state index in [0.29, 0.717) is 0 Å². The first-order chi connectivity index (χ1) is 16.6. The lowest BCUT2D eigenvalue weighted by Crippen LogP contribution is -2.29. The van der Waals surface area contributed by atoms with Gasteiger partial charge in [0.1, 0.15) is 0 Å². The first-order valence-electron chi connectivity index (χ1n) is 11.3. The van der Waals surface area contributed by atoms with Crippen LogP contribution in [0.2, 0.25) is 0 Å². The molecule has 0 spiro atoms. The monoisotopic (exact) mass is 466 g/mol. The smallest absolute Gasteiger partial charge is 0.269 e. The van der Waals surface area contributed by atoms with E-state index in [1.165, 1.54) is 21.7 Å². The van der Waals surface area contributed by atoms with Gasteiger partial charge in [-0.15, -0.1) is 0 Å². The highest BCUT2D eigenvalue weighted by molar-refractivity contribution is 7.17. The number of non-ortho nitro benzene ring substituents is 1. The number of benzene rings is 3. The molecule has 2 aromatic heterocycles. The van der Waals surface area contributed by atoms with Crippen molar-refractivity contribution in [2.75, 3.05) is 6.54 Å². The van der Waals surface area contributed by atoms with Gasteiger partial charge in [-0.1, -0.05) is 78.1 Å². The molecule has 34 heavy (non-hydrogen) atoms. The molecule has 1 aliphatic rings. The summed E-state index contributed by atoms with van der Waals surface area (Å²) in [5.41, 5.74) is 7.12. The van der Waals surface area contributed by atoms with Crippen molar-refractivity contribution in [3.8, 4) is 22.4 Å². The summed E-state index contributed by atoms with van der Waals surface area (Å²) in [6.07, 6.45) is 3.12. The van der Waals surface area contributed by atoms with Crippen LogP contribution in [0.5, 0.6) is 0 Å². The molecule has 0 saturated heterocycles. The molecular weight excluding hydrogens is 444 g/mol. The van der Waals surface area contributed by atoms with E-state index in [0.717, 1.165) is 47.8 Å². The van der Waals surface area contributed by atoms with Gasteiger partial charge < -0.3 is 0 Å². The standard InChI is InChI=1S/C27H22N4O2S/c32-31(33)23-12-6-19(7-13-23)16-29-15-14-25-26(18-29)34-27-28-24(17-30(25)27)22-10-8-21(9-11-22)20-4-2-1-3-5-20/h1-13,17H,14-16,18H2. The zero-order valence-corrected chi connectivity index (χ0v) is 19.2. The van der Waals surface area contributed by atoms with Crippen molar-refractivity contribution in [2.24, 2.45) is 0 Å². The Hall–Kier alpha value is -3.81. The minimum atomic E-state index is -0.357. The molecular formula is C27H22N4O2S. The Bertz CT molecular complexity index is 1470. The molecule has 0 radical (unpaired) electrons. The number of aromatic nitrogens is 2. The van der Waals surface area contributed by atoms with Crippen molar-refractivity contribution in [1.29, 1.82) is 0 Å². The van der Waals surface area contributed by atoms with Crippen molar-refractivity contribution < 1.29 is 4.92 Å². The molecule has 0 N–H and O–H groups in total. The van der Waals surface area contributed by atoms with Crippen LogP contribution in [-0.4, -0.2) is 25.8 Å². The number of nitro groups is 1. The molecule has 0 saturated carbocycles. The molecule has 6 nitrogen and oxygen atoms in total. The van der Waals surface area contributed by atoms with Gasteiger partial charge in [-0.3, -0.25) is 19.4 Å². The third-order valence-electron chi connectivity index (χ3n) is 6.37. The van der Waals surface area contributed by atoms with Gasteiger partial charge in [0.15, 0.2) is 4.96 Å². The summed E-state index contributed by atoms with van der Waals surface area (Å²) in [7, 11) is 0. The minimum absolute atomic E-state index is 0.134. The van der Waals surface area contributed by atoms with Crippen molar-refractivity contribution in [3.05, 3.63) is 111 Å². The average molecular weight is 467 g/mol. The third kappa shape index (κ3) is 3.89. The second kappa shape index (κ2) is 8.52. The molecule has 0 aliphatic carbocycles. The van der Waals surface area contributed by atoms with Gasteiger partial charge in [-0.05, 0) is 16.7 Å². The van der Waals surface area contributed by atoms with Crippen LogP contribution < -0.4 is 0 Å². The summed E-state index contributed by atoms with van der Waals surface area (Å²) < 4.78 is 2.25. The van der Waals surface area contributed by atoms with Crippen LogP contribution in [0.3, 0.4) is 0 Å². The number of imidazole rings is 1. The van der Waals surface area contributed by atoms with E-state index in [2.05, 4.69) is 64.0 Å². The minimum Gasteiger partial charge on any atom is -0.294 e. The maximum atomic E-state index is 10.9. The molecule has 5 aromatic rings. The van der Waals surface area contributed by atoms with Crippen molar-refractivity contribution >= 4 is 22.0 Å². The number of thiazole rings is 1. The Kier molecular flexibility index (Phi) is 5.20. The quantitative estimate of drug-likeness (QED) is 0.229. The van der Waals surface area contributed by atoms with E-state index >= 15 is 0 Å². The Balaban J connectivity index is 1.19. The van der Waals surface area contributed by atoms with Gasteiger partial charge >= 0.3 is 0 Å². The molecule has 0 unspecified atom stereocenters. The number of hydrogen-bond acceptors (Lipinski definition) is 5. The molecule has 6 rings (SSSR count). The van der Waals surface area contributed by atoms with Crippen LogP contribution in [0, 0.1) is 10.1 Å². The predicted molar refractivity (Wildman–Crippen MR) is 135 cm³/mol. The molecule has 7 heteroatoms. The fraction of sp³-hybridized carbons (Fsp3) is 0.148. The Morgan fingerprint density at radius 2 is 1.62 bits per heavy atom. The fourth-order valence-electron chi connectivity index (χ4n) is 4.58. The van der Waals surface area contributed by atoms with Crippen LogP contribution in [-0.2, 0) is 19.5 Å². The lowest BCUT2D eigenvalue weighted by Gasteiger charge is -2.26. The molecule has 0 fully saturated rings.